The number of amides is 6. The van der Waals surface area contributed by atoms with E-state index in [1.807, 2.05) is 152 Å². The molecular weight excluding hydrogens is 1580 g/mol. The summed E-state index contributed by atoms with van der Waals surface area (Å²) in [7, 11) is -13.5. The molecule has 612 valence electrons. The van der Waals surface area contributed by atoms with Gasteiger partial charge in [-0.05, 0) is 165 Å². The van der Waals surface area contributed by atoms with Crippen LogP contribution in [0.3, 0.4) is 0 Å². The van der Waals surface area contributed by atoms with Crippen molar-refractivity contribution in [1.82, 2.24) is 17.2 Å². The van der Waals surface area contributed by atoms with Gasteiger partial charge in [0.25, 0.3) is 63.7 Å². The van der Waals surface area contributed by atoms with E-state index < -0.39 is 99.1 Å². The van der Waals surface area contributed by atoms with Crippen LogP contribution >= 0.6 is 0 Å². The molecule has 0 radical (unpaired) electrons. The molecule has 0 aromatic heterocycles. The number of likely N-dealkylation sites (N-methyl/N-ethyl adjacent to an activating group) is 2. The Morgan fingerprint density at radius 3 is 0.907 bits per heavy atom. The van der Waals surface area contributed by atoms with Gasteiger partial charge in [0.05, 0.1) is 19.6 Å². The summed E-state index contributed by atoms with van der Waals surface area (Å²) in [6.45, 7) is 19.1. The van der Waals surface area contributed by atoms with Gasteiger partial charge < -0.3 is 31.5 Å². The highest BCUT2D eigenvalue weighted by Gasteiger charge is 2.48. The van der Waals surface area contributed by atoms with Gasteiger partial charge in [-0.3, -0.25) is 28.8 Å². The van der Waals surface area contributed by atoms with Crippen molar-refractivity contribution < 1.29 is 72.7 Å². The second kappa shape index (κ2) is 38.6. The summed E-state index contributed by atoms with van der Waals surface area (Å²) in [5.41, 5.74) is 2.79. The number of aliphatic hydroxyl groups is 2. The van der Waals surface area contributed by atoms with Crippen LogP contribution in [0.25, 0.3) is 54.2 Å². The van der Waals surface area contributed by atoms with Gasteiger partial charge in [0.2, 0.25) is 23.6 Å². The predicted molar refractivity (Wildman–Crippen MR) is 465 cm³/mol. The Kier molecular flexibility index (Phi) is 29.1. The zero-order chi connectivity index (χ0) is 86.1. The third kappa shape index (κ3) is 18.1. The maximum Gasteiger partial charge on any atom is 0.267 e. The average molecular weight is 1670 g/mol. The first-order chi connectivity index (χ1) is 56.6. The fraction of sp³-hybridized carbons (Fsp3) is 0.178. The van der Waals surface area contributed by atoms with Crippen LogP contribution in [0.4, 0.5) is 22.7 Å². The van der Waals surface area contributed by atoms with Crippen LogP contribution < -0.4 is 21.3 Å². The highest BCUT2D eigenvalue weighted by Crippen LogP contribution is 2.43. The molecule has 0 aliphatic carbocycles. The van der Waals surface area contributed by atoms with E-state index in [1.54, 1.807) is 166 Å². The number of hydrogen-bond acceptors (Lipinski definition) is 16. The summed E-state index contributed by atoms with van der Waals surface area (Å²) in [5, 5.41) is 38.1. The maximum absolute atomic E-state index is 13.0. The van der Waals surface area contributed by atoms with Gasteiger partial charge in [0.1, 0.15) is 23.0 Å². The first kappa shape index (κ1) is 88.9. The lowest BCUT2D eigenvalue weighted by molar-refractivity contribution is -0.134. The normalized spacial score (nSPS) is 15.8. The maximum atomic E-state index is 13.0. The largest absolute Gasteiger partial charge is 0.493 e. The minimum atomic E-state index is -4.01. The van der Waals surface area contributed by atoms with Crippen molar-refractivity contribution >= 4 is 153 Å². The summed E-state index contributed by atoms with van der Waals surface area (Å²) < 4.78 is 106. The van der Waals surface area contributed by atoms with Crippen LogP contribution in [0, 0.1) is 0 Å². The molecule has 16 rings (SSSR count). The van der Waals surface area contributed by atoms with E-state index in [-0.39, 0.29) is 66.1 Å². The Morgan fingerprint density at radius 1 is 0.314 bits per heavy atom. The first-order valence-electron chi connectivity index (χ1n) is 38.2. The molecule has 12 aromatic rings. The number of hydrogen-bond donors (Lipinski definition) is 6. The Balaban J connectivity index is 0.000000174. The topological polar surface area (TPSA) is 341 Å². The summed E-state index contributed by atoms with van der Waals surface area (Å²) in [5.74, 6) is -7.44. The highest BCUT2D eigenvalue weighted by molar-refractivity contribution is 7.90. The molecule has 0 fully saturated rings. The van der Waals surface area contributed by atoms with Crippen LogP contribution in [0.2, 0.25) is 0 Å². The standard InChI is InChI=1S/2C21H18N2O4S.2C20H16N2O4S.4C2H6/c2*1-2-23-21(25)19(20(24)22-16-10-4-3-5-11-16)17-12-14-8-6-7-9-15(14)13-18(17)28(23,26)27;2*1-22-20(24)18(19(23)21-15-9-3-2-4-10-15)16-11-13-7-5-6-8-14(13)12-17(16)27(22,25)26;4*1-2/h3-13,25H,2H2,1H3,(H,22,24);3-13,19H,2H2,1H3,(H,22,24);2-12,24H,1H3,(H,21,23);2-12,18H,1H3,(H,21,23);4*1-2H3. The molecule has 12 aromatic carbocycles. The van der Waals surface area contributed by atoms with Gasteiger partial charge >= 0.3 is 0 Å². The van der Waals surface area contributed by atoms with Crippen molar-refractivity contribution in [2.75, 3.05) is 48.5 Å². The molecule has 4 heterocycles. The van der Waals surface area contributed by atoms with Crippen LogP contribution in [0.15, 0.2) is 298 Å². The zero-order valence-electron chi connectivity index (χ0n) is 67.0. The summed E-state index contributed by atoms with van der Waals surface area (Å²) in [4.78, 5) is 77.5. The van der Waals surface area contributed by atoms with Crippen molar-refractivity contribution in [3.8, 4) is 0 Å². The van der Waals surface area contributed by atoms with E-state index in [9.17, 15) is 72.7 Å². The quantitative estimate of drug-likeness (QED) is 0.0693. The molecule has 28 heteroatoms. The molecule has 0 saturated heterocycles. The smallest absolute Gasteiger partial charge is 0.267 e. The number of nitrogens with one attached hydrogen (secondary N) is 4. The van der Waals surface area contributed by atoms with Crippen molar-refractivity contribution in [2.45, 2.75) is 101 Å². The summed E-state index contributed by atoms with van der Waals surface area (Å²) in [6.07, 6.45) is 0. The van der Waals surface area contributed by atoms with Crippen molar-refractivity contribution in [2.24, 2.45) is 0 Å². The molecule has 4 aliphatic heterocycles. The molecule has 24 nitrogen and oxygen atoms in total. The minimum absolute atomic E-state index is 0.000798. The van der Waals surface area contributed by atoms with E-state index in [0.29, 0.717) is 27.1 Å². The molecule has 6 amide bonds. The zero-order valence-corrected chi connectivity index (χ0v) is 70.3. The number of rotatable bonds is 10. The van der Waals surface area contributed by atoms with Gasteiger partial charge in [-0.25, -0.2) is 50.9 Å². The lowest BCUT2D eigenvalue weighted by Gasteiger charge is -2.32. The number of sulfonamides is 4. The second-order valence-electron chi connectivity index (χ2n) is 25.4. The number of aliphatic hydroxyl groups excluding tert-OH is 2. The number of carbonyl (C=O) groups excluding carboxylic acids is 6. The molecule has 118 heavy (non-hydrogen) atoms. The van der Waals surface area contributed by atoms with E-state index >= 15 is 0 Å². The Bertz CT molecular complexity index is 6320. The number of benzene rings is 12. The summed E-state index contributed by atoms with van der Waals surface area (Å²) in [6, 6.07) is 76.7. The molecule has 2 atom stereocenters. The Hall–Kier alpha value is -13.0. The average Bonchev–Trinajstić information content (AvgIpc) is 0.846. The molecule has 0 spiro atoms. The van der Waals surface area contributed by atoms with Gasteiger partial charge in [-0.15, -0.1) is 0 Å². The van der Waals surface area contributed by atoms with Crippen LogP contribution in [0.1, 0.15) is 103 Å². The number of para-hydroxylation sites is 4. The van der Waals surface area contributed by atoms with Crippen molar-refractivity contribution in [1.29, 1.82) is 0 Å². The van der Waals surface area contributed by atoms with Gasteiger partial charge in [-0.1, -0.05) is 225 Å². The van der Waals surface area contributed by atoms with Gasteiger partial charge in [-0.2, -0.15) is 0 Å². The molecule has 6 N–H and O–H groups in total. The molecule has 0 bridgehead atoms. The minimum Gasteiger partial charge on any atom is -0.493 e. The van der Waals surface area contributed by atoms with Crippen LogP contribution in [-0.4, -0.2) is 124 Å². The molecule has 4 aliphatic rings. The fourth-order valence-electron chi connectivity index (χ4n) is 13.2. The van der Waals surface area contributed by atoms with E-state index in [2.05, 4.69) is 21.3 Å². The number of fused-ring (bicyclic) bond motifs is 8. The van der Waals surface area contributed by atoms with Crippen molar-refractivity contribution in [3.05, 3.63) is 301 Å². The van der Waals surface area contributed by atoms with Gasteiger partial charge in [0, 0.05) is 61.1 Å². The Labute approximate surface area is 688 Å². The highest BCUT2D eigenvalue weighted by atomic mass is 32.2. The Morgan fingerprint density at radius 2 is 0.568 bits per heavy atom. The molecule has 0 saturated carbocycles. The lowest BCUT2D eigenvalue weighted by atomic mass is 9.94. The lowest BCUT2D eigenvalue weighted by Crippen LogP contribution is -2.47. The second-order valence-corrected chi connectivity index (χ2v) is 33.0. The van der Waals surface area contributed by atoms with Gasteiger partial charge in [0.15, 0.2) is 0 Å². The van der Waals surface area contributed by atoms with Crippen molar-refractivity contribution in [3.63, 3.8) is 0 Å². The monoisotopic (exact) mass is 1670 g/mol. The third-order valence-electron chi connectivity index (χ3n) is 18.8. The van der Waals surface area contributed by atoms with Crippen LogP contribution in [0.5, 0.6) is 0 Å². The summed E-state index contributed by atoms with van der Waals surface area (Å²) >= 11 is 0. The SMILES string of the molecule is CC.CC.CC.CC.CCN1C(=O)C(C(=O)Nc2ccccc2)c2cc3ccccc3cc2S1(=O)=O.CCN1C(O)=C(C(=O)Nc2ccccc2)c2cc3ccccc3cc2S1(=O)=O.CN1C(=O)C(C(=O)Nc2ccccc2)c2cc3ccccc3cc2S1(=O)=O.CN1C(O)=C(C(=O)Nc2ccccc2)c2cc3ccccc3cc2S1(=O)=O. The van der Waals surface area contributed by atoms with Crippen LogP contribution in [-0.2, 0) is 68.9 Å². The molecular formula is C90H92N8O16S4. The third-order valence-corrected chi connectivity index (χ3v) is 26.2. The van der Waals surface area contributed by atoms with E-state index in [0.717, 1.165) is 56.0 Å². The first-order valence-corrected chi connectivity index (χ1v) is 44.0. The molecule has 2 unspecified atom stereocenters. The number of carbonyl (C=O) groups is 6. The van der Waals surface area contributed by atoms with E-state index in [4.69, 9.17) is 0 Å². The fourth-order valence-corrected chi connectivity index (χ4v) is 19.2. The number of nitrogens with zero attached hydrogens (tertiary/aromatic N) is 4. The predicted octanol–water partition coefficient (Wildman–Crippen LogP) is 17.0. The van der Waals surface area contributed by atoms with E-state index in [1.165, 1.54) is 32.3 Å². The number of anilines is 4.